The van der Waals surface area contributed by atoms with E-state index in [1.807, 2.05) is 25.1 Å². The molecule has 1 aromatic heterocycles. The Hall–Kier alpha value is -3.70. The van der Waals surface area contributed by atoms with Gasteiger partial charge in [0.2, 0.25) is 21.8 Å². The Labute approximate surface area is 222 Å². The molecule has 0 unspecified atom stereocenters. The largest absolute Gasteiger partial charge is 0.497 e. The number of hydrogen-bond donors (Lipinski definition) is 4. The first-order chi connectivity index (χ1) is 18.0. The number of Topliss-reactive ketones (excluding diaryl/α,β-unsaturated/α-hetero) is 1. The number of fused-ring (bicyclic) bond motifs is 1. The first-order valence-electron chi connectivity index (χ1n) is 12.4. The van der Waals surface area contributed by atoms with Crippen LogP contribution in [0.3, 0.4) is 0 Å². The number of aromatic amines is 1. The Kier molecular flexibility index (Phi) is 9.65. The number of carbonyl (C=O) groups is 3. The van der Waals surface area contributed by atoms with E-state index in [0.29, 0.717) is 31.4 Å². The third-order valence-corrected chi connectivity index (χ3v) is 7.18. The van der Waals surface area contributed by atoms with Crippen molar-refractivity contribution in [3.8, 4) is 5.75 Å². The Morgan fingerprint density at radius 1 is 1.08 bits per heavy atom. The number of methoxy groups -OCH3 is 1. The summed E-state index contributed by atoms with van der Waals surface area (Å²) in [6.07, 6.45) is 2.91. The summed E-state index contributed by atoms with van der Waals surface area (Å²) >= 11 is 0. The summed E-state index contributed by atoms with van der Waals surface area (Å²) in [4.78, 5) is 40.6. The van der Waals surface area contributed by atoms with E-state index in [4.69, 9.17) is 9.88 Å². The van der Waals surface area contributed by atoms with Crippen molar-refractivity contribution >= 4 is 44.2 Å². The number of aromatic nitrogens is 1. The molecule has 0 spiro atoms. The number of primary sulfonamides is 1. The van der Waals surface area contributed by atoms with Crippen LogP contribution in [0, 0.1) is 6.92 Å². The summed E-state index contributed by atoms with van der Waals surface area (Å²) in [7, 11) is -2.37. The van der Waals surface area contributed by atoms with Gasteiger partial charge >= 0.3 is 0 Å². The average Bonchev–Trinajstić information content (AvgIpc) is 3.16. The molecule has 2 amide bonds. The third-order valence-electron chi connectivity index (χ3n) is 6.27. The van der Waals surface area contributed by atoms with Crippen LogP contribution < -0.4 is 20.5 Å². The Morgan fingerprint density at radius 2 is 1.84 bits per heavy atom. The number of ether oxygens (including phenoxy) is 1. The summed E-state index contributed by atoms with van der Waals surface area (Å²) in [6, 6.07) is 10.3. The normalized spacial score (nSPS) is 12.2. The number of unbranched alkanes of at least 4 members (excludes halogenated alkanes) is 2. The second-order valence-electron chi connectivity index (χ2n) is 9.30. The minimum absolute atomic E-state index is 0.0496. The molecule has 1 atom stereocenters. The molecular weight excluding hydrogens is 508 g/mol. The number of rotatable bonds is 13. The van der Waals surface area contributed by atoms with E-state index in [1.165, 1.54) is 25.1 Å². The number of H-pyrrole nitrogens is 1. The van der Waals surface area contributed by atoms with E-state index in [-0.39, 0.29) is 28.7 Å². The average molecular weight is 543 g/mol. The lowest BCUT2D eigenvalue weighted by Crippen LogP contribution is -2.44. The van der Waals surface area contributed by atoms with Crippen LogP contribution in [0.4, 0.5) is 5.69 Å². The van der Waals surface area contributed by atoms with E-state index in [0.717, 1.165) is 28.6 Å². The van der Waals surface area contributed by atoms with Gasteiger partial charge in [-0.25, -0.2) is 13.6 Å². The zero-order valence-electron chi connectivity index (χ0n) is 21.8. The smallest absolute Gasteiger partial charge is 0.246 e. The molecule has 0 fully saturated rings. The highest BCUT2D eigenvalue weighted by Gasteiger charge is 2.23. The van der Waals surface area contributed by atoms with Gasteiger partial charge < -0.3 is 25.1 Å². The molecule has 0 aliphatic heterocycles. The third kappa shape index (κ3) is 7.90. The van der Waals surface area contributed by atoms with Gasteiger partial charge in [0.25, 0.3) is 0 Å². The highest BCUT2D eigenvalue weighted by Crippen LogP contribution is 2.27. The maximum absolute atomic E-state index is 13.2. The van der Waals surface area contributed by atoms with Crippen LogP contribution in [-0.4, -0.2) is 44.2 Å². The van der Waals surface area contributed by atoms with Crippen molar-refractivity contribution in [2.75, 3.05) is 12.4 Å². The quantitative estimate of drug-likeness (QED) is 0.242. The molecule has 0 aliphatic carbocycles. The molecule has 0 saturated carbocycles. The molecule has 0 radical (unpaired) electrons. The molecule has 11 heteroatoms. The Balaban J connectivity index is 1.75. The van der Waals surface area contributed by atoms with Crippen molar-refractivity contribution in [3.05, 3.63) is 53.7 Å². The van der Waals surface area contributed by atoms with E-state index in [9.17, 15) is 22.8 Å². The molecule has 204 valence electrons. The number of anilines is 1. The van der Waals surface area contributed by atoms with Crippen LogP contribution >= 0.6 is 0 Å². The maximum Gasteiger partial charge on any atom is 0.246 e. The summed E-state index contributed by atoms with van der Waals surface area (Å²) < 4.78 is 28.7. The molecule has 0 bridgehead atoms. The first kappa shape index (κ1) is 28.9. The number of sulfonamides is 1. The van der Waals surface area contributed by atoms with Crippen LogP contribution in [0.2, 0.25) is 0 Å². The number of amides is 2. The number of ketones is 1. The molecule has 38 heavy (non-hydrogen) atoms. The molecule has 3 aromatic rings. The predicted octanol–water partition coefficient (Wildman–Crippen LogP) is 3.34. The maximum atomic E-state index is 13.2. The van der Waals surface area contributed by atoms with Crippen LogP contribution in [0.25, 0.3) is 10.9 Å². The molecule has 2 aromatic carbocycles. The van der Waals surface area contributed by atoms with Gasteiger partial charge in [-0.1, -0.05) is 18.9 Å². The van der Waals surface area contributed by atoms with Gasteiger partial charge in [0.05, 0.1) is 18.4 Å². The molecule has 0 saturated heterocycles. The van der Waals surface area contributed by atoms with Crippen molar-refractivity contribution in [3.63, 3.8) is 0 Å². The van der Waals surface area contributed by atoms with Gasteiger partial charge in [0, 0.05) is 28.7 Å². The van der Waals surface area contributed by atoms with E-state index < -0.39 is 22.0 Å². The molecular formula is C27H34N4O6S. The van der Waals surface area contributed by atoms with Crippen molar-refractivity contribution in [1.29, 1.82) is 0 Å². The minimum Gasteiger partial charge on any atom is -0.497 e. The molecule has 10 nitrogen and oxygen atoms in total. The van der Waals surface area contributed by atoms with Crippen molar-refractivity contribution in [1.82, 2.24) is 10.3 Å². The highest BCUT2D eigenvalue weighted by molar-refractivity contribution is 7.89. The van der Waals surface area contributed by atoms with Crippen LogP contribution in [0.15, 0.2) is 47.4 Å². The monoisotopic (exact) mass is 542 g/mol. The van der Waals surface area contributed by atoms with Gasteiger partial charge in [-0.15, -0.1) is 0 Å². The molecule has 0 aliphatic rings. The topological polar surface area (TPSA) is 160 Å². The fourth-order valence-corrected chi connectivity index (χ4v) is 4.83. The number of hydrogen-bond acceptors (Lipinski definition) is 6. The Morgan fingerprint density at radius 3 is 2.53 bits per heavy atom. The number of carbonyl (C=O) groups excluding carboxylic acids is 3. The summed E-state index contributed by atoms with van der Waals surface area (Å²) in [6.45, 7) is 3.42. The molecule has 5 N–H and O–H groups in total. The standard InChI is InChI=1S/C27H34N4O6S/c1-17(32)8-5-4-6-11-25(27(34)30-19-9-7-10-21(14-19)38(28,35)36)31-26(33)16-22-18(2)29-24-13-12-20(37-3)15-23(22)24/h7,9-10,12-15,25,29H,4-6,8,11,16H2,1-3H3,(H,30,34)(H,31,33)(H2,28,35,36)/t25-/m0/s1. The van der Waals surface area contributed by atoms with E-state index in [2.05, 4.69) is 15.6 Å². The Bertz CT molecular complexity index is 1430. The van der Waals surface area contributed by atoms with Gasteiger partial charge in [0.1, 0.15) is 17.6 Å². The fourth-order valence-electron chi connectivity index (χ4n) is 4.27. The summed E-state index contributed by atoms with van der Waals surface area (Å²) in [5.74, 6) is -0.0384. The number of benzene rings is 2. The lowest BCUT2D eigenvalue weighted by Gasteiger charge is -2.19. The highest BCUT2D eigenvalue weighted by atomic mass is 32.2. The molecule has 1 heterocycles. The second-order valence-corrected chi connectivity index (χ2v) is 10.9. The van der Waals surface area contributed by atoms with Crippen LogP contribution in [0.1, 0.15) is 50.3 Å². The van der Waals surface area contributed by atoms with Gasteiger partial charge in [-0.3, -0.25) is 9.59 Å². The lowest BCUT2D eigenvalue weighted by molar-refractivity contribution is -0.126. The molecule has 3 rings (SSSR count). The fraction of sp³-hybridized carbons (Fsp3) is 0.370. The summed E-state index contributed by atoms with van der Waals surface area (Å²) in [5.41, 5.74) is 2.77. The van der Waals surface area contributed by atoms with Gasteiger partial charge in [-0.2, -0.15) is 0 Å². The van der Waals surface area contributed by atoms with Gasteiger partial charge in [0.15, 0.2) is 0 Å². The zero-order valence-corrected chi connectivity index (χ0v) is 22.6. The van der Waals surface area contributed by atoms with Gasteiger partial charge in [-0.05, 0) is 68.7 Å². The van der Waals surface area contributed by atoms with Crippen molar-refractivity contribution in [2.24, 2.45) is 5.14 Å². The van der Waals surface area contributed by atoms with Crippen molar-refractivity contribution < 1.29 is 27.5 Å². The minimum atomic E-state index is -3.94. The van der Waals surface area contributed by atoms with E-state index in [1.54, 1.807) is 13.2 Å². The summed E-state index contributed by atoms with van der Waals surface area (Å²) in [5, 5.41) is 11.6. The SMILES string of the molecule is COc1ccc2[nH]c(C)c(CC(=O)N[C@@H](CCCCCC(C)=O)C(=O)Nc3cccc(S(N)(=O)=O)c3)c2c1. The lowest BCUT2D eigenvalue weighted by atomic mass is 10.0. The van der Waals surface area contributed by atoms with E-state index >= 15 is 0 Å². The first-order valence-corrected chi connectivity index (χ1v) is 13.9. The van der Waals surface area contributed by atoms with Crippen molar-refractivity contribution in [2.45, 2.75) is 63.3 Å². The number of nitrogens with two attached hydrogens (primary N) is 1. The second kappa shape index (κ2) is 12.7. The number of aryl methyl sites for hydroxylation is 1. The van der Waals surface area contributed by atoms with Crippen LogP contribution in [-0.2, 0) is 30.8 Å². The predicted molar refractivity (Wildman–Crippen MR) is 145 cm³/mol. The number of nitrogens with one attached hydrogen (secondary N) is 3. The van der Waals surface area contributed by atoms with Crippen LogP contribution in [0.5, 0.6) is 5.75 Å². The zero-order chi connectivity index (χ0) is 27.9.